The van der Waals surface area contributed by atoms with Crippen LogP contribution in [0.15, 0.2) is 28.7 Å². The summed E-state index contributed by atoms with van der Waals surface area (Å²) in [4.78, 5) is 0. The smallest absolute Gasteiger partial charge is 0.248 e. The Balaban J connectivity index is 2.21. The lowest BCUT2D eigenvalue weighted by atomic mass is 10.1. The van der Waals surface area contributed by atoms with Crippen LogP contribution in [0.5, 0.6) is 0 Å². The maximum absolute atomic E-state index is 5.82. The molecule has 0 aliphatic heterocycles. The second-order valence-electron chi connectivity index (χ2n) is 4.68. The van der Waals surface area contributed by atoms with Crippen LogP contribution >= 0.6 is 0 Å². The van der Waals surface area contributed by atoms with Gasteiger partial charge in [-0.1, -0.05) is 32.0 Å². The Morgan fingerprint density at radius 3 is 2.68 bits per heavy atom. The molecule has 0 bridgehead atoms. The molecule has 0 radical (unpaired) electrons. The van der Waals surface area contributed by atoms with Gasteiger partial charge in [-0.15, -0.1) is 10.2 Å². The first kappa shape index (κ1) is 13.7. The molecule has 4 nitrogen and oxygen atoms in total. The van der Waals surface area contributed by atoms with E-state index in [4.69, 9.17) is 4.42 Å². The molecule has 0 aliphatic rings. The summed E-state index contributed by atoms with van der Waals surface area (Å²) >= 11 is 0. The van der Waals surface area contributed by atoms with Gasteiger partial charge < -0.3 is 9.73 Å². The van der Waals surface area contributed by atoms with Gasteiger partial charge in [-0.3, -0.25) is 0 Å². The van der Waals surface area contributed by atoms with Crippen molar-refractivity contribution in [3.63, 3.8) is 0 Å². The average molecular weight is 259 g/mol. The molecule has 0 aliphatic carbocycles. The Morgan fingerprint density at radius 2 is 2.00 bits per heavy atom. The van der Waals surface area contributed by atoms with Gasteiger partial charge in [0, 0.05) is 5.56 Å². The quantitative estimate of drug-likeness (QED) is 0.862. The van der Waals surface area contributed by atoms with E-state index in [2.05, 4.69) is 29.4 Å². The van der Waals surface area contributed by atoms with Crippen molar-refractivity contribution in [2.45, 2.75) is 39.7 Å². The second kappa shape index (κ2) is 6.48. The number of nitrogens with zero attached hydrogens (tertiary/aromatic N) is 2. The lowest BCUT2D eigenvalue weighted by Crippen LogP contribution is -2.21. The molecule has 1 N–H and O–H groups in total. The van der Waals surface area contributed by atoms with Gasteiger partial charge in [-0.25, -0.2) is 0 Å². The summed E-state index contributed by atoms with van der Waals surface area (Å²) in [6.07, 6.45) is 2.03. The van der Waals surface area contributed by atoms with Crippen molar-refractivity contribution in [2.24, 2.45) is 0 Å². The van der Waals surface area contributed by atoms with Crippen molar-refractivity contribution in [1.29, 1.82) is 0 Å². The Kier molecular flexibility index (Phi) is 4.68. The molecule has 1 aromatic carbocycles. The van der Waals surface area contributed by atoms with E-state index in [9.17, 15) is 0 Å². The average Bonchev–Trinajstić information content (AvgIpc) is 2.90. The number of nitrogens with one attached hydrogen (secondary N) is 1. The maximum Gasteiger partial charge on any atom is 0.248 e. The Hall–Kier alpha value is -1.68. The summed E-state index contributed by atoms with van der Waals surface area (Å²) in [5, 5.41) is 11.8. The minimum atomic E-state index is 0.144. The van der Waals surface area contributed by atoms with Crippen LogP contribution in [0.2, 0.25) is 0 Å². The number of rotatable bonds is 6. The molecule has 102 valence electrons. The van der Waals surface area contributed by atoms with Crippen molar-refractivity contribution in [3.05, 3.63) is 35.7 Å². The van der Waals surface area contributed by atoms with Crippen LogP contribution in [0.25, 0.3) is 11.5 Å². The van der Waals surface area contributed by atoms with Gasteiger partial charge in [0.25, 0.3) is 0 Å². The monoisotopic (exact) mass is 259 g/mol. The Morgan fingerprint density at radius 1 is 1.21 bits per heavy atom. The van der Waals surface area contributed by atoms with Crippen LogP contribution in [-0.4, -0.2) is 16.7 Å². The van der Waals surface area contributed by atoms with E-state index < -0.39 is 0 Å². The van der Waals surface area contributed by atoms with Crippen molar-refractivity contribution >= 4 is 0 Å². The van der Waals surface area contributed by atoms with E-state index in [1.165, 1.54) is 0 Å². The van der Waals surface area contributed by atoms with Crippen molar-refractivity contribution in [3.8, 4) is 11.5 Å². The molecule has 1 heterocycles. The molecule has 0 spiro atoms. The highest BCUT2D eigenvalue weighted by atomic mass is 16.4. The number of hydrogen-bond donors (Lipinski definition) is 1. The molecule has 0 fully saturated rings. The van der Waals surface area contributed by atoms with Crippen LogP contribution in [0.1, 0.15) is 44.2 Å². The van der Waals surface area contributed by atoms with E-state index in [1.807, 2.05) is 31.2 Å². The highest BCUT2D eigenvalue weighted by molar-refractivity contribution is 5.57. The summed E-state index contributed by atoms with van der Waals surface area (Å²) in [7, 11) is 0. The largest absolute Gasteiger partial charge is 0.419 e. The third kappa shape index (κ3) is 3.20. The lowest BCUT2D eigenvalue weighted by Gasteiger charge is -2.11. The number of aromatic nitrogens is 2. The topological polar surface area (TPSA) is 51.0 Å². The third-order valence-corrected chi connectivity index (χ3v) is 3.16. The van der Waals surface area contributed by atoms with Gasteiger partial charge in [0.15, 0.2) is 0 Å². The summed E-state index contributed by atoms with van der Waals surface area (Å²) in [6.45, 7) is 7.27. The van der Waals surface area contributed by atoms with Gasteiger partial charge in [0.1, 0.15) is 0 Å². The highest BCUT2D eigenvalue weighted by Gasteiger charge is 2.17. The molecule has 19 heavy (non-hydrogen) atoms. The molecule has 1 unspecified atom stereocenters. The predicted octanol–water partition coefficient (Wildman–Crippen LogP) is 3.50. The standard InChI is InChI=1S/C15H21N3O/c1-4-10-16-13(5-2)15-18-17-14(19-15)12-9-7-6-8-11(12)3/h6-9,13,16H,4-5,10H2,1-3H3. The van der Waals surface area contributed by atoms with Gasteiger partial charge in [0.2, 0.25) is 11.8 Å². The van der Waals surface area contributed by atoms with Gasteiger partial charge in [-0.05, 0) is 37.9 Å². The summed E-state index contributed by atoms with van der Waals surface area (Å²) < 4.78 is 5.82. The van der Waals surface area contributed by atoms with E-state index in [0.29, 0.717) is 11.8 Å². The SMILES string of the molecule is CCCNC(CC)c1nnc(-c2ccccc2C)o1. The molecule has 0 amide bonds. The molecular formula is C15H21N3O. The number of aryl methyl sites for hydroxylation is 1. The van der Waals surface area contributed by atoms with E-state index in [0.717, 1.165) is 30.5 Å². The first-order valence-electron chi connectivity index (χ1n) is 6.89. The molecule has 0 saturated carbocycles. The summed E-state index contributed by atoms with van der Waals surface area (Å²) in [6, 6.07) is 8.19. The van der Waals surface area contributed by atoms with E-state index in [-0.39, 0.29) is 6.04 Å². The molecule has 2 rings (SSSR count). The zero-order valence-corrected chi connectivity index (χ0v) is 11.8. The number of hydrogen-bond acceptors (Lipinski definition) is 4. The zero-order chi connectivity index (χ0) is 13.7. The van der Waals surface area contributed by atoms with Gasteiger partial charge in [0.05, 0.1) is 6.04 Å². The fourth-order valence-electron chi connectivity index (χ4n) is 2.02. The van der Waals surface area contributed by atoms with Crippen molar-refractivity contribution in [1.82, 2.24) is 15.5 Å². The first-order chi connectivity index (χ1) is 9.26. The molecule has 0 saturated heterocycles. The highest BCUT2D eigenvalue weighted by Crippen LogP contribution is 2.24. The zero-order valence-electron chi connectivity index (χ0n) is 11.8. The van der Waals surface area contributed by atoms with E-state index in [1.54, 1.807) is 0 Å². The molecule has 1 atom stereocenters. The van der Waals surface area contributed by atoms with Crippen LogP contribution < -0.4 is 5.32 Å². The fourth-order valence-corrected chi connectivity index (χ4v) is 2.02. The minimum Gasteiger partial charge on any atom is -0.419 e. The molecular weight excluding hydrogens is 238 g/mol. The predicted molar refractivity (Wildman–Crippen MR) is 75.8 cm³/mol. The maximum atomic E-state index is 5.82. The molecule has 1 aromatic heterocycles. The molecule has 2 aromatic rings. The van der Waals surface area contributed by atoms with Crippen molar-refractivity contribution in [2.75, 3.05) is 6.54 Å². The summed E-state index contributed by atoms with van der Waals surface area (Å²) in [5.41, 5.74) is 2.15. The van der Waals surface area contributed by atoms with E-state index >= 15 is 0 Å². The third-order valence-electron chi connectivity index (χ3n) is 3.16. The first-order valence-corrected chi connectivity index (χ1v) is 6.89. The van der Waals surface area contributed by atoms with Gasteiger partial charge >= 0.3 is 0 Å². The van der Waals surface area contributed by atoms with Crippen LogP contribution in [0.4, 0.5) is 0 Å². The van der Waals surface area contributed by atoms with Crippen LogP contribution in [0.3, 0.4) is 0 Å². The van der Waals surface area contributed by atoms with Crippen LogP contribution in [0, 0.1) is 6.92 Å². The molecule has 4 heteroatoms. The lowest BCUT2D eigenvalue weighted by molar-refractivity contribution is 0.396. The number of benzene rings is 1. The van der Waals surface area contributed by atoms with Gasteiger partial charge in [-0.2, -0.15) is 0 Å². The van der Waals surface area contributed by atoms with Crippen molar-refractivity contribution < 1.29 is 4.42 Å². The minimum absolute atomic E-state index is 0.144. The summed E-state index contributed by atoms with van der Waals surface area (Å²) in [5.74, 6) is 1.28. The fraction of sp³-hybridized carbons (Fsp3) is 0.467. The Labute approximate surface area is 114 Å². The Bertz CT molecular complexity index is 522. The normalized spacial score (nSPS) is 12.6. The second-order valence-corrected chi connectivity index (χ2v) is 4.68. The van der Waals surface area contributed by atoms with Crippen LogP contribution in [-0.2, 0) is 0 Å².